The maximum atomic E-state index is 12.7. The van der Waals surface area contributed by atoms with Crippen molar-refractivity contribution in [2.75, 3.05) is 18.9 Å². The lowest BCUT2D eigenvalue weighted by atomic mass is 10.2. The lowest BCUT2D eigenvalue weighted by molar-refractivity contribution is 0.0790. The van der Waals surface area contributed by atoms with E-state index in [1.807, 2.05) is 31.2 Å². The molecule has 3 rings (SSSR count). The number of likely N-dealkylation sites (N-methyl/N-ethyl adjacent to an activating group) is 1. The molecule has 134 valence electrons. The fraction of sp³-hybridized carbons (Fsp3) is 0.263. The zero-order valence-electron chi connectivity index (χ0n) is 14.8. The average Bonchev–Trinajstić information content (AvgIpc) is 3.18. The Kier molecular flexibility index (Phi) is 5.58. The number of hydrogen-bond acceptors (Lipinski definition) is 6. The molecule has 0 aliphatic rings. The number of nitrogens with one attached hydrogen (secondary N) is 1. The molecule has 0 aliphatic heterocycles. The van der Waals surface area contributed by atoms with Crippen molar-refractivity contribution < 1.29 is 9.21 Å². The van der Waals surface area contributed by atoms with Crippen LogP contribution in [-0.4, -0.2) is 39.4 Å². The van der Waals surface area contributed by atoms with Crippen LogP contribution in [0.3, 0.4) is 0 Å². The van der Waals surface area contributed by atoms with E-state index < -0.39 is 0 Å². The molecule has 0 atom stereocenters. The summed E-state index contributed by atoms with van der Waals surface area (Å²) < 4.78 is 5.28. The summed E-state index contributed by atoms with van der Waals surface area (Å²) in [4.78, 5) is 27.0. The summed E-state index contributed by atoms with van der Waals surface area (Å²) in [6, 6.07) is 9.28. The number of aryl methyl sites for hydroxylation is 1. The van der Waals surface area contributed by atoms with Crippen LogP contribution in [0.1, 0.15) is 27.5 Å². The van der Waals surface area contributed by atoms with Crippen LogP contribution in [0.4, 0.5) is 5.95 Å². The third-order valence-electron chi connectivity index (χ3n) is 3.91. The number of furan rings is 1. The highest BCUT2D eigenvalue weighted by Crippen LogP contribution is 2.10. The van der Waals surface area contributed by atoms with Crippen LogP contribution in [-0.2, 0) is 13.0 Å². The van der Waals surface area contributed by atoms with Crippen molar-refractivity contribution >= 4 is 11.9 Å². The molecule has 0 fully saturated rings. The van der Waals surface area contributed by atoms with Crippen molar-refractivity contribution in [2.24, 2.45) is 0 Å². The zero-order valence-corrected chi connectivity index (χ0v) is 14.8. The van der Waals surface area contributed by atoms with Gasteiger partial charge in [-0.1, -0.05) is 0 Å². The standard InChI is InChI=1S/C19H21N5O2/c1-14-12-17(23-19(22-14)21-13-16-4-3-11-26-16)18(25)24(2)10-7-15-5-8-20-9-6-15/h3-6,8-9,11-12H,7,10,13H2,1-2H3,(H,21,22,23). The third kappa shape index (κ3) is 4.66. The minimum absolute atomic E-state index is 0.134. The van der Waals surface area contributed by atoms with Crippen molar-refractivity contribution in [1.29, 1.82) is 0 Å². The number of anilines is 1. The summed E-state index contributed by atoms with van der Waals surface area (Å²) in [6.45, 7) is 2.90. The maximum absolute atomic E-state index is 12.7. The third-order valence-corrected chi connectivity index (χ3v) is 3.91. The second-order valence-corrected chi connectivity index (χ2v) is 5.98. The first kappa shape index (κ1) is 17.6. The van der Waals surface area contributed by atoms with Crippen LogP contribution in [0.5, 0.6) is 0 Å². The SMILES string of the molecule is Cc1cc(C(=O)N(C)CCc2ccncc2)nc(NCc2ccco2)n1. The summed E-state index contributed by atoms with van der Waals surface area (Å²) in [6.07, 6.45) is 5.88. The first-order valence-electron chi connectivity index (χ1n) is 8.38. The van der Waals surface area contributed by atoms with Crippen LogP contribution in [0.15, 0.2) is 53.4 Å². The number of amides is 1. The van der Waals surface area contributed by atoms with Gasteiger partial charge in [0.15, 0.2) is 0 Å². The Morgan fingerprint density at radius 1 is 1.23 bits per heavy atom. The summed E-state index contributed by atoms with van der Waals surface area (Å²) in [7, 11) is 1.77. The molecular weight excluding hydrogens is 330 g/mol. The molecule has 0 radical (unpaired) electrons. The van der Waals surface area contributed by atoms with Gasteiger partial charge < -0.3 is 14.6 Å². The van der Waals surface area contributed by atoms with Gasteiger partial charge in [-0.05, 0) is 49.2 Å². The largest absolute Gasteiger partial charge is 0.467 e. The normalized spacial score (nSPS) is 10.5. The molecule has 0 bridgehead atoms. The molecule has 0 aliphatic carbocycles. The molecule has 7 heteroatoms. The van der Waals surface area contributed by atoms with Crippen LogP contribution in [0.25, 0.3) is 0 Å². The maximum Gasteiger partial charge on any atom is 0.272 e. The van der Waals surface area contributed by atoms with Gasteiger partial charge in [0.2, 0.25) is 5.95 Å². The van der Waals surface area contributed by atoms with Crippen molar-refractivity contribution in [2.45, 2.75) is 19.9 Å². The smallest absolute Gasteiger partial charge is 0.272 e. The highest BCUT2D eigenvalue weighted by atomic mass is 16.3. The number of nitrogens with zero attached hydrogens (tertiary/aromatic N) is 4. The zero-order chi connectivity index (χ0) is 18.4. The molecule has 3 aromatic heterocycles. The van der Waals surface area contributed by atoms with Crippen LogP contribution >= 0.6 is 0 Å². The fourth-order valence-corrected chi connectivity index (χ4v) is 2.48. The number of hydrogen-bond donors (Lipinski definition) is 1. The molecule has 0 saturated heterocycles. The minimum Gasteiger partial charge on any atom is -0.467 e. The van der Waals surface area contributed by atoms with E-state index in [2.05, 4.69) is 20.3 Å². The van der Waals surface area contributed by atoms with Crippen LogP contribution in [0, 0.1) is 6.92 Å². The number of carbonyl (C=O) groups is 1. The predicted octanol–water partition coefficient (Wildman–Crippen LogP) is 2.70. The van der Waals surface area contributed by atoms with Crippen molar-refractivity contribution in [3.63, 3.8) is 0 Å². The molecule has 0 spiro atoms. The Morgan fingerprint density at radius 2 is 2.04 bits per heavy atom. The Bertz CT molecular complexity index is 850. The first-order chi connectivity index (χ1) is 12.6. The highest BCUT2D eigenvalue weighted by molar-refractivity contribution is 5.92. The highest BCUT2D eigenvalue weighted by Gasteiger charge is 2.15. The van der Waals surface area contributed by atoms with Crippen molar-refractivity contribution in [3.05, 3.63) is 71.7 Å². The first-order valence-corrected chi connectivity index (χ1v) is 8.38. The molecule has 0 saturated carbocycles. The summed E-state index contributed by atoms with van der Waals surface area (Å²) in [5, 5.41) is 3.09. The van der Waals surface area contributed by atoms with Gasteiger partial charge in [0.25, 0.3) is 5.91 Å². The number of aromatic nitrogens is 3. The predicted molar refractivity (Wildman–Crippen MR) is 97.7 cm³/mol. The molecule has 0 aromatic carbocycles. The second kappa shape index (κ2) is 8.24. The molecule has 7 nitrogen and oxygen atoms in total. The van der Waals surface area contributed by atoms with E-state index in [9.17, 15) is 4.79 Å². The quantitative estimate of drug-likeness (QED) is 0.704. The Hall–Kier alpha value is -3.22. The van der Waals surface area contributed by atoms with Gasteiger partial charge in [-0.3, -0.25) is 9.78 Å². The van der Waals surface area contributed by atoms with Gasteiger partial charge in [-0.2, -0.15) is 0 Å². The van der Waals surface area contributed by atoms with E-state index in [4.69, 9.17) is 4.42 Å². The van der Waals surface area contributed by atoms with E-state index in [1.165, 1.54) is 0 Å². The van der Waals surface area contributed by atoms with Gasteiger partial charge in [-0.15, -0.1) is 0 Å². The molecule has 3 heterocycles. The van der Waals surface area contributed by atoms with Gasteiger partial charge in [0, 0.05) is 31.7 Å². The molecule has 1 N–H and O–H groups in total. The lowest BCUT2D eigenvalue weighted by Crippen LogP contribution is -2.30. The summed E-state index contributed by atoms with van der Waals surface area (Å²) >= 11 is 0. The average molecular weight is 351 g/mol. The Labute approximate surface area is 152 Å². The van der Waals surface area contributed by atoms with Crippen molar-refractivity contribution in [3.8, 4) is 0 Å². The van der Waals surface area contributed by atoms with E-state index >= 15 is 0 Å². The summed E-state index contributed by atoms with van der Waals surface area (Å²) in [5.74, 6) is 1.05. The summed E-state index contributed by atoms with van der Waals surface area (Å²) in [5.41, 5.74) is 2.24. The topological polar surface area (TPSA) is 84.2 Å². The second-order valence-electron chi connectivity index (χ2n) is 5.98. The van der Waals surface area contributed by atoms with E-state index in [0.29, 0.717) is 24.7 Å². The molecule has 26 heavy (non-hydrogen) atoms. The van der Waals surface area contributed by atoms with Crippen LogP contribution in [0.2, 0.25) is 0 Å². The van der Waals surface area contributed by atoms with Gasteiger partial charge in [0.1, 0.15) is 11.5 Å². The molecular formula is C19H21N5O2. The van der Waals surface area contributed by atoms with E-state index in [0.717, 1.165) is 23.4 Å². The van der Waals surface area contributed by atoms with Gasteiger partial charge in [-0.25, -0.2) is 9.97 Å². The van der Waals surface area contributed by atoms with E-state index in [1.54, 1.807) is 36.7 Å². The van der Waals surface area contributed by atoms with Crippen molar-refractivity contribution in [1.82, 2.24) is 19.9 Å². The lowest BCUT2D eigenvalue weighted by Gasteiger charge is -2.17. The number of carbonyl (C=O) groups excluding carboxylic acids is 1. The van der Waals surface area contributed by atoms with E-state index in [-0.39, 0.29) is 5.91 Å². The fourth-order valence-electron chi connectivity index (χ4n) is 2.48. The van der Waals surface area contributed by atoms with Crippen LogP contribution < -0.4 is 5.32 Å². The molecule has 3 aromatic rings. The number of pyridine rings is 1. The van der Waals surface area contributed by atoms with Gasteiger partial charge >= 0.3 is 0 Å². The van der Waals surface area contributed by atoms with Gasteiger partial charge in [0.05, 0.1) is 12.8 Å². The molecule has 1 amide bonds. The Morgan fingerprint density at radius 3 is 2.77 bits per heavy atom. The Balaban J connectivity index is 1.64. The minimum atomic E-state index is -0.134. The number of rotatable bonds is 7. The monoisotopic (exact) mass is 351 g/mol. The molecule has 0 unspecified atom stereocenters.